The van der Waals surface area contributed by atoms with Crippen LogP contribution in [0.1, 0.15) is 48.4 Å². The first kappa shape index (κ1) is 26.1. The van der Waals surface area contributed by atoms with Gasteiger partial charge < -0.3 is 9.88 Å². The van der Waals surface area contributed by atoms with Crippen LogP contribution in [0, 0.1) is 0 Å². The fourth-order valence-electron chi connectivity index (χ4n) is 4.29. The van der Waals surface area contributed by atoms with E-state index >= 15 is 0 Å². The van der Waals surface area contributed by atoms with Gasteiger partial charge in [-0.15, -0.1) is 0 Å². The second kappa shape index (κ2) is 11.0. The summed E-state index contributed by atoms with van der Waals surface area (Å²) in [5.74, 6) is 0.204. The van der Waals surface area contributed by atoms with E-state index in [0.29, 0.717) is 12.1 Å². The highest BCUT2D eigenvalue weighted by Crippen LogP contribution is 2.26. The Morgan fingerprint density at radius 3 is 2.41 bits per heavy atom. The average Bonchev–Trinajstić information content (AvgIpc) is 3.18. The lowest BCUT2D eigenvalue weighted by atomic mass is 9.98. The Morgan fingerprint density at radius 2 is 1.73 bits per heavy atom. The smallest absolute Gasteiger partial charge is 0.265 e. The molecular formula is C28H30N4O4S. The molecule has 0 bridgehead atoms. The molecule has 1 heterocycles. The minimum Gasteiger partial charge on any atom is -0.326 e. The lowest BCUT2D eigenvalue weighted by Crippen LogP contribution is -2.29. The van der Waals surface area contributed by atoms with Crippen molar-refractivity contribution >= 4 is 38.6 Å². The average molecular weight is 519 g/mol. The topological polar surface area (TPSA) is 110 Å². The predicted molar refractivity (Wildman–Crippen MR) is 146 cm³/mol. The summed E-state index contributed by atoms with van der Waals surface area (Å²) in [5, 5.41) is 2.82. The summed E-state index contributed by atoms with van der Waals surface area (Å²) in [4.78, 5) is 28.9. The van der Waals surface area contributed by atoms with Crippen molar-refractivity contribution in [3.63, 3.8) is 0 Å². The van der Waals surface area contributed by atoms with Crippen molar-refractivity contribution in [2.75, 3.05) is 11.6 Å². The van der Waals surface area contributed by atoms with E-state index in [1.54, 1.807) is 18.2 Å². The number of nitrogens with one attached hydrogen (secondary N) is 2. The lowest BCUT2D eigenvalue weighted by molar-refractivity contribution is -0.114. The van der Waals surface area contributed by atoms with Crippen LogP contribution >= 0.6 is 0 Å². The molecule has 192 valence electrons. The number of rotatable bonds is 9. The van der Waals surface area contributed by atoms with Crippen LogP contribution in [0.15, 0.2) is 66.7 Å². The highest BCUT2D eigenvalue weighted by molar-refractivity contribution is 7.89. The molecule has 9 heteroatoms. The summed E-state index contributed by atoms with van der Waals surface area (Å²) in [6, 6.07) is 20.5. The largest absolute Gasteiger partial charge is 0.326 e. The molecular weight excluding hydrogens is 488 g/mol. The number of aryl methyl sites for hydroxylation is 1. The van der Waals surface area contributed by atoms with Crippen LogP contribution in [0.5, 0.6) is 0 Å². The van der Waals surface area contributed by atoms with Gasteiger partial charge in [0.1, 0.15) is 5.82 Å². The zero-order valence-corrected chi connectivity index (χ0v) is 21.9. The third kappa shape index (κ3) is 6.42. The first-order valence-electron chi connectivity index (χ1n) is 12.1. The molecule has 0 radical (unpaired) electrons. The molecule has 2 amide bonds. The molecule has 0 unspecified atom stereocenters. The van der Waals surface area contributed by atoms with Gasteiger partial charge in [0.2, 0.25) is 15.9 Å². The van der Waals surface area contributed by atoms with E-state index < -0.39 is 15.9 Å². The Hall–Kier alpha value is -3.98. The number of carbonyl (C=O) groups is 2. The normalized spacial score (nSPS) is 11.4. The van der Waals surface area contributed by atoms with Crippen molar-refractivity contribution in [1.29, 1.82) is 0 Å². The number of nitrogens with zero attached hydrogens (tertiary/aromatic N) is 2. The molecule has 8 nitrogen and oxygen atoms in total. The summed E-state index contributed by atoms with van der Waals surface area (Å²) < 4.78 is 27.3. The number of imidazole rings is 1. The molecule has 0 saturated heterocycles. The van der Waals surface area contributed by atoms with E-state index in [9.17, 15) is 18.0 Å². The maximum atomic E-state index is 12.5. The molecule has 0 aliphatic carbocycles. The van der Waals surface area contributed by atoms with Crippen molar-refractivity contribution < 1.29 is 18.0 Å². The number of fused-ring (bicyclic) bond motifs is 1. The second-order valence-corrected chi connectivity index (χ2v) is 10.8. The Morgan fingerprint density at radius 1 is 1.00 bits per heavy atom. The molecule has 37 heavy (non-hydrogen) atoms. The molecule has 2 N–H and O–H groups in total. The summed E-state index contributed by atoms with van der Waals surface area (Å²) in [6.45, 7) is 4.25. The van der Waals surface area contributed by atoms with E-state index in [1.165, 1.54) is 6.92 Å². The predicted octanol–water partition coefficient (Wildman–Crippen LogP) is 4.74. The molecule has 0 atom stereocenters. The Bertz CT molecular complexity index is 1560. The van der Waals surface area contributed by atoms with Crippen LogP contribution in [0.4, 0.5) is 5.69 Å². The fourth-order valence-corrected chi connectivity index (χ4v) is 4.74. The molecule has 1 aromatic heterocycles. The van der Waals surface area contributed by atoms with Gasteiger partial charge in [0.05, 0.1) is 17.3 Å². The number of hydrogen-bond donors (Lipinski definition) is 2. The number of anilines is 1. The summed E-state index contributed by atoms with van der Waals surface area (Å²) in [6.07, 6.45) is 3.88. The second-order valence-electron chi connectivity index (χ2n) is 9.05. The van der Waals surface area contributed by atoms with Crippen LogP contribution in [0.25, 0.3) is 22.2 Å². The zero-order valence-electron chi connectivity index (χ0n) is 21.1. The number of amides is 2. The van der Waals surface area contributed by atoms with E-state index in [-0.39, 0.29) is 11.5 Å². The van der Waals surface area contributed by atoms with Crippen molar-refractivity contribution in [2.24, 2.45) is 0 Å². The molecule has 3 aromatic carbocycles. The van der Waals surface area contributed by atoms with E-state index in [2.05, 4.69) is 16.8 Å². The molecule has 4 rings (SSSR count). The van der Waals surface area contributed by atoms with Crippen LogP contribution in [0.2, 0.25) is 0 Å². The van der Waals surface area contributed by atoms with Crippen molar-refractivity contribution in [1.82, 2.24) is 14.3 Å². The standard InChI is InChI=1S/C28H30N4O4S/c1-4-5-10-27-30-25-17-22(29-19(2)33)15-16-26(25)32(27)18-20-11-13-21(14-12-20)23-8-6-7-9-24(23)28(34)31-37(3,35)36/h6-9,11-17H,4-5,10,18H2,1-3H3,(H,29,33)(H,31,34). The maximum Gasteiger partial charge on any atom is 0.265 e. The number of sulfonamides is 1. The minimum absolute atomic E-state index is 0.125. The van der Waals surface area contributed by atoms with Gasteiger partial charge >= 0.3 is 0 Å². The maximum absolute atomic E-state index is 12.5. The number of carbonyl (C=O) groups excluding carboxylic acids is 2. The monoisotopic (exact) mass is 518 g/mol. The molecule has 0 saturated carbocycles. The highest BCUT2D eigenvalue weighted by atomic mass is 32.2. The van der Waals surface area contributed by atoms with Crippen molar-refractivity contribution in [3.8, 4) is 11.1 Å². The SMILES string of the molecule is CCCCc1nc2cc(NC(C)=O)ccc2n1Cc1ccc(-c2ccccc2C(=O)NS(C)(=O)=O)cc1. The van der Waals surface area contributed by atoms with Gasteiger partial charge in [-0.25, -0.2) is 18.1 Å². The third-order valence-electron chi connectivity index (χ3n) is 5.96. The Kier molecular flexibility index (Phi) is 7.73. The fraction of sp³-hybridized carbons (Fsp3) is 0.250. The summed E-state index contributed by atoms with van der Waals surface area (Å²) in [7, 11) is -3.67. The lowest BCUT2D eigenvalue weighted by Gasteiger charge is -2.12. The number of benzene rings is 3. The Balaban J connectivity index is 1.64. The van der Waals surface area contributed by atoms with Crippen molar-refractivity contribution in [3.05, 3.63) is 83.7 Å². The molecule has 0 aliphatic rings. The molecule has 0 spiro atoms. The van der Waals surface area contributed by atoms with E-state index in [0.717, 1.165) is 59.2 Å². The third-order valence-corrected chi connectivity index (χ3v) is 6.51. The molecule has 4 aromatic rings. The van der Waals surface area contributed by atoms with Gasteiger partial charge in [-0.2, -0.15) is 0 Å². The van der Waals surface area contributed by atoms with Gasteiger partial charge in [0.25, 0.3) is 5.91 Å². The van der Waals surface area contributed by atoms with Gasteiger partial charge in [0.15, 0.2) is 0 Å². The first-order valence-corrected chi connectivity index (χ1v) is 14.0. The highest BCUT2D eigenvalue weighted by Gasteiger charge is 2.16. The van der Waals surface area contributed by atoms with E-state index in [4.69, 9.17) is 4.98 Å². The zero-order chi connectivity index (χ0) is 26.6. The van der Waals surface area contributed by atoms with Gasteiger partial charge in [0, 0.05) is 31.1 Å². The van der Waals surface area contributed by atoms with Crippen LogP contribution in [-0.2, 0) is 27.8 Å². The van der Waals surface area contributed by atoms with Crippen molar-refractivity contribution in [2.45, 2.75) is 39.7 Å². The minimum atomic E-state index is -3.67. The van der Waals surface area contributed by atoms with Crippen LogP contribution in [-0.4, -0.2) is 36.0 Å². The molecule has 0 fully saturated rings. The van der Waals surface area contributed by atoms with E-state index in [1.807, 2.05) is 53.3 Å². The quantitative estimate of drug-likeness (QED) is 0.333. The van der Waals surface area contributed by atoms with Gasteiger partial charge in [-0.1, -0.05) is 55.8 Å². The molecule has 0 aliphatic heterocycles. The summed E-state index contributed by atoms with van der Waals surface area (Å²) in [5.41, 5.74) is 5.35. The Labute approximate surface area is 216 Å². The van der Waals surface area contributed by atoms with Gasteiger partial charge in [-0.05, 0) is 47.4 Å². The van der Waals surface area contributed by atoms with Crippen LogP contribution < -0.4 is 10.0 Å². The van der Waals surface area contributed by atoms with Crippen LogP contribution in [0.3, 0.4) is 0 Å². The number of unbranched alkanes of at least 4 members (excludes halogenated alkanes) is 1. The first-order chi connectivity index (χ1) is 17.6. The number of aromatic nitrogens is 2. The van der Waals surface area contributed by atoms with Gasteiger partial charge in [-0.3, -0.25) is 9.59 Å². The number of hydrogen-bond acceptors (Lipinski definition) is 5. The summed E-state index contributed by atoms with van der Waals surface area (Å²) >= 11 is 0.